The van der Waals surface area contributed by atoms with Crippen molar-refractivity contribution in [2.45, 2.75) is 51.1 Å². The number of nitrogens with one attached hydrogen (secondary N) is 1. The van der Waals surface area contributed by atoms with Crippen LogP contribution in [0.4, 0.5) is 8.78 Å². The van der Waals surface area contributed by atoms with E-state index in [1.165, 1.54) is 6.07 Å². The molecule has 0 amide bonds. The molecule has 2 aliphatic rings. The van der Waals surface area contributed by atoms with Crippen LogP contribution in [0, 0.1) is 12.3 Å². The Morgan fingerprint density at radius 1 is 1.33 bits per heavy atom. The Labute approximate surface area is 190 Å². The molecule has 33 heavy (non-hydrogen) atoms. The Hall–Kier alpha value is -3.00. The Morgan fingerprint density at radius 2 is 2.12 bits per heavy atom. The molecular formula is C25H27F2N3O3. The average Bonchev–Trinajstić information content (AvgIpc) is 3.26. The monoisotopic (exact) mass is 455 g/mol. The van der Waals surface area contributed by atoms with Gasteiger partial charge in [0, 0.05) is 54.3 Å². The van der Waals surface area contributed by atoms with Crippen LogP contribution in [0.3, 0.4) is 0 Å². The van der Waals surface area contributed by atoms with E-state index in [4.69, 9.17) is 4.74 Å². The van der Waals surface area contributed by atoms with Gasteiger partial charge in [0.25, 0.3) is 0 Å². The second-order valence-corrected chi connectivity index (χ2v) is 9.57. The number of pyridine rings is 1. The minimum Gasteiger partial charge on any atom is -0.496 e. The Bertz CT molecular complexity index is 1200. The number of aromatic amines is 1. The highest BCUT2D eigenvalue weighted by Crippen LogP contribution is 2.60. The molecule has 0 radical (unpaired) electrons. The van der Waals surface area contributed by atoms with Crippen molar-refractivity contribution in [1.29, 1.82) is 0 Å². The highest BCUT2D eigenvalue weighted by atomic mass is 19.3. The fourth-order valence-electron chi connectivity index (χ4n) is 5.78. The summed E-state index contributed by atoms with van der Waals surface area (Å²) in [5.74, 6) is -2.88. The number of ether oxygens (including phenoxy) is 1. The van der Waals surface area contributed by atoms with E-state index in [0.29, 0.717) is 25.9 Å². The summed E-state index contributed by atoms with van der Waals surface area (Å²) in [6.45, 7) is 3.30. The lowest BCUT2D eigenvalue weighted by Crippen LogP contribution is -2.53. The van der Waals surface area contributed by atoms with Gasteiger partial charge in [-0.3, -0.25) is 4.90 Å². The number of alkyl halides is 2. The van der Waals surface area contributed by atoms with Gasteiger partial charge in [0.15, 0.2) is 0 Å². The molecule has 8 heteroatoms. The van der Waals surface area contributed by atoms with Crippen molar-refractivity contribution in [1.82, 2.24) is 14.9 Å². The van der Waals surface area contributed by atoms with Crippen molar-refractivity contribution in [2.24, 2.45) is 5.41 Å². The number of fused-ring (bicyclic) bond motifs is 1. The zero-order valence-corrected chi connectivity index (χ0v) is 18.7. The number of carboxylic acid groups (broad SMARTS) is 1. The highest BCUT2D eigenvalue weighted by molar-refractivity contribution is 5.88. The fraction of sp³-hybridized carbons (Fsp3) is 0.440. The summed E-state index contributed by atoms with van der Waals surface area (Å²) >= 11 is 0. The first kappa shape index (κ1) is 21.8. The SMILES string of the molecule is COc1cc(C)c2[nH]ccc2c1CN1CCC2(C[C@H]1c1ccc(C(=O)O)nc1)CC(F)(F)C2. The number of aryl methyl sites for hydroxylation is 1. The lowest BCUT2D eigenvalue weighted by molar-refractivity contribution is -0.186. The maximum Gasteiger partial charge on any atom is 0.354 e. The summed E-state index contributed by atoms with van der Waals surface area (Å²) in [5, 5.41) is 10.3. The number of H-pyrrole nitrogens is 1. The minimum absolute atomic E-state index is 0.0276. The van der Waals surface area contributed by atoms with E-state index < -0.39 is 11.9 Å². The summed E-state index contributed by atoms with van der Waals surface area (Å²) in [6.07, 6.45) is 4.64. The van der Waals surface area contributed by atoms with Gasteiger partial charge in [0.2, 0.25) is 5.92 Å². The number of hydrogen-bond donors (Lipinski definition) is 2. The van der Waals surface area contributed by atoms with Gasteiger partial charge in [-0.2, -0.15) is 0 Å². The van der Waals surface area contributed by atoms with Crippen molar-refractivity contribution in [3.05, 3.63) is 59.0 Å². The molecule has 1 atom stereocenters. The molecule has 0 unspecified atom stereocenters. The van der Waals surface area contributed by atoms with Crippen LogP contribution >= 0.6 is 0 Å². The van der Waals surface area contributed by atoms with Gasteiger partial charge in [-0.1, -0.05) is 6.07 Å². The average molecular weight is 456 g/mol. The van der Waals surface area contributed by atoms with E-state index in [0.717, 1.165) is 33.3 Å². The van der Waals surface area contributed by atoms with Gasteiger partial charge in [0.1, 0.15) is 11.4 Å². The predicted octanol–water partition coefficient (Wildman–Crippen LogP) is 5.33. The van der Waals surface area contributed by atoms with E-state index in [1.807, 2.05) is 25.3 Å². The second-order valence-electron chi connectivity index (χ2n) is 9.57. The molecule has 2 aromatic heterocycles. The molecule has 6 nitrogen and oxygen atoms in total. The number of nitrogens with zero attached hydrogens (tertiary/aromatic N) is 2. The van der Waals surface area contributed by atoms with Gasteiger partial charge in [-0.05, 0) is 61.1 Å². The first-order valence-electron chi connectivity index (χ1n) is 11.1. The van der Waals surface area contributed by atoms with Crippen molar-refractivity contribution in [3.63, 3.8) is 0 Å². The van der Waals surface area contributed by atoms with Crippen LogP contribution < -0.4 is 4.74 Å². The zero-order valence-electron chi connectivity index (χ0n) is 18.7. The number of likely N-dealkylation sites (tertiary alicyclic amines) is 1. The molecule has 1 spiro atoms. The standard InChI is InChI=1S/C25H27F2N3O3/c1-15-9-21(33-2)18(17-5-7-28-22(15)17)12-30-8-6-24(13-25(26,27)14-24)10-20(30)16-3-4-19(23(31)32)29-11-16/h3-5,7,9,11,20,28H,6,8,10,12-14H2,1-2H3,(H,31,32)/t20-/m0/s1. The third kappa shape index (κ3) is 3.86. The minimum atomic E-state index is -2.59. The quantitative estimate of drug-likeness (QED) is 0.544. The molecular weight excluding hydrogens is 428 g/mol. The lowest BCUT2D eigenvalue weighted by Gasteiger charge is -2.54. The largest absolute Gasteiger partial charge is 0.496 e. The summed E-state index contributed by atoms with van der Waals surface area (Å²) < 4.78 is 33.4. The number of carbonyl (C=O) groups is 1. The molecule has 5 rings (SSSR count). The number of benzene rings is 1. The van der Waals surface area contributed by atoms with E-state index in [2.05, 4.69) is 14.9 Å². The first-order valence-corrected chi connectivity index (χ1v) is 11.1. The first-order chi connectivity index (χ1) is 15.7. The topological polar surface area (TPSA) is 78.5 Å². The maximum absolute atomic E-state index is 13.8. The van der Waals surface area contributed by atoms with E-state index in [-0.39, 0.29) is 30.0 Å². The summed E-state index contributed by atoms with van der Waals surface area (Å²) in [7, 11) is 1.66. The highest BCUT2D eigenvalue weighted by Gasteiger charge is 2.58. The third-order valence-corrected chi connectivity index (χ3v) is 7.35. The smallest absolute Gasteiger partial charge is 0.354 e. The second kappa shape index (κ2) is 7.80. The normalized spacial score (nSPS) is 21.8. The summed E-state index contributed by atoms with van der Waals surface area (Å²) in [6, 6.07) is 7.18. The number of aromatic carboxylic acids is 1. The number of carboxylic acids is 1. The van der Waals surface area contributed by atoms with Crippen molar-refractivity contribution < 1.29 is 23.4 Å². The van der Waals surface area contributed by atoms with Crippen LogP contribution in [0.1, 0.15) is 58.9 Å². The van der Waals surface area contributed by atoms with Crippen LogP contribution in [-0.4, -0.2) is 45.5 Å². The van der Waals surface area contributed by atoms with Crippen molar-refractivity contribution in [2.75, 3.05) is 13.7 Å². The molecule has 2 fully saturated rings. The van der Waals surface area contributed by atoms with Gasteiger partial charge in [-0.15, -0.1) is 0 Å². The molecule has 0 bridgehead atoms. The molecule has 1 saturated heterocycles. The number of piperidine rings is 1. The lowest BCUT2D eigenvalue weighted by atomic mass is 9.59. The zero-order chi connectivity index (χ0) is 23.4. The van der Waals surface area contributed by atoms with E-state index in [1.54, 1.807) is 19.4 Å². The van der Waals surface area contributed by atoms with Gasteiger partial charge < -0.3 is 14.8 Å². The van der Waals surface area contributed by atoms with Crippen LogP contribution in [0.25, 0.3) is 10.9 Å². The van der Waals surface area contributed by atoms with Gasteiger partial charge in [0.05, 0.1) is 7.11 Å². The van der Waals surface area contributed by atoms with Crippen LogP contribution in [0.2, 0.25) is 0 Å². The Morgan fingerprint density at radius 3 is 2.76 bits per heavy atom. The molecule has 174 valence electrons. The van der Waals surface area contributed by atoms with E-state index in [9.17, 15) is 18.7 Å². The van der Waals surface area contributed by atoms with Crippen molar-refractivity contribution in [3.8, 4) is 5.75 Å². The fourth-order valence-corrected chi connectivity index (χ4v) is 5.78. The molecule has 1 aliphatic heterocycles. The summed E-state index contributed by atoms with van der Waals surface area (Å²) in [5.41, 5.74) is 3.65. The van der Waals surface area contributed by atoms with Crippen LogP contribution in [-0.2, 0) is 6.54 Å². The Kier molecular flexibility index (Phi) is 5.16. The molecule has 2 N–H and O–H groups in total. The maximum atomic E-state index is 13.8. The van der Waals surface area contributed by atoms with Crippen molar-refractivity contribution >= 4 is 16.9 Å². The summed E-state index contributed by atoms with van der Waals surface area (Å²) in [4.78, 5) is 20.9. The van der Waals surface area contributed by atoms with Crippen LogP contribution in [0.15, 0.2) is 36.7 Å². The number of rotatable bonds is 5. The Balaban J connectivity index is 1.50. The molecule has 1 aliphatic carbocycles. The number of hydrogen-bond acceptors (Lipinski definition) is 4. The molecule has 1 saturated carbocycles. The van der Waals surface area contributed by atoms with E-state index >= 15 is 0 Å². The predicted molar refractivity (Wildman–Crippen MR) is 120 cm³/mol. The number of aromatic nitrogens is 2. The number of halogens is 2. The molecule has 3 heterocycles. The molecule has 3 aromatic rings. The van der Waals surface area contributed by atoms with Gasteiger partial charge in [-0.25, -0.2) is 18.6 Å². The van der Waals surface area contributed by atoms with Crippen LogP contribution in [0.5, 0.6) is 5.75 Å². The van der Waals surface area contributed by atoms with Gasteiger partial charge >= 0.3 is 5.97 Å². The number of methoxy groups -OCH3 is 1. The third-order valence-electron chi connectivity index (χ3n) is 7.35. The molecule has 1 aromatic carbocycles.